The van der Waals surface area contributed by atoms with Gasteiger partial charge >= 0.3 is 5.97 Å². The molecule has 3 rings (SSSR count). The van der Waals surface area contributed by atoms with E-state index in [1.165, 1.54) is 11.2 Å². The van der Waals surface area contributed by atoms with E-state index in [1.54, 1.807) is 25.3 Å². The van der Waals surface area contributed by atoms with Crippen LogP contribution in [0.25, 0.3) is 0 Å². The van der Waals surface area contributed by atoms with Crippen LogP contribution in [0.15, 0.2) is 30.6 Å². The lowest BCUT2D eigenvalue weighted by Crippen LogP contribution is -2.49. The molecule has 0 saturated carbocycles. The first-order valence-corrected chi connectivity index (χ1v) is 7.25. The molecule has 0 radical (unpaired) electrons. The minimum absolute atomic E-state index is 0.129. The fourth-order valence-corrected chi connectivity index (χ4v) is 2.78. The molecular formula is C16H17N3O4. The second kappa shape index (κ2) is 6.12. The molecule has 1 aliphatic rings. The second-order valence-electron chi connectivity index (χ2n) is 5.44. The van der Waals surface area contributed by atoms with Gasteiger partial charge < -0.3 is 19.7 Å². The monoisotopic (exact) mass is 315 g/mol. The topological polar surface area (TPSA) is 95.5 Å². The number of rotatable bonds is 4. The number of carboxylic acids is 1. The Kier molecular flexibility index (Phi) is 4.01. The van der Waals surface area contributed by atoms with E-state index >= 15 is 0 Å². The Balaban J connectivity index is 1.80. The molecule has 23 heavy (non-hydrogen) atoms. The molecule has 7 nitrogen and oxygen atoms in total. The summed E-state index contributed by atoms with van der Waals surface area (Å²) in [5, 5.41) is 9.42. The van der Waals surface area contributed by atoms with Gasteiger partial charge in [-0.2, -0.15) is 0 Å². The lowest BCUT2D eigenvalue weighted by Gasteiger charge is -2.32. The fourth-order valence-electron chi connectivity index (χ4n) is 2.78. The van der Waals surface area contributed by atoms with Gasteiger partial charge in [-0.1, -0.05) is 12.1 Å². The molecule has 0 saturated heterocycles. The van der Waals surface area contributed by atoms with Gasteiger partial charge in [0.15, 0.2) is 0 Å². The Bertz CT molecular complexity index is 740. The first-order valence-electron chi connectivity index (χ1n) is 7.25. The average molecular weight is 315 g/mol. The normalized spacial score (nSPS) is 16.7. The van der Waals surface area contributed by atoms with Crippen LogP contribution in [0.3, 0.4) is 0 Å². The van der Waals surface area contributed by atoms with E-state index < -0.39 is 12.0 Å². The average Bonchev–Trinajstić information content (AvgIpc) is 3.01. The summed E-state index contributed by atoms with van der Waals surface area (Å²) in [6.45, 7) is 0.231. The quantitative estimate of drug-likeness (QED) is 0.877. The highest BCUT2D eigenvalue weighted by Crippen LogP contribution is 2.22. The maximum absolute atomic E-state index is 12.6. The lowest BCUT2D eigenvalue weighted by molar-refractivity contribution is -0.151. The summed E-state index contributed by atoms with van der Waals surface area (Å²) >= 11 is 0. The van der Waals surface area contributed by atoms with Crippen LogP contribution in [0.4, 0.5) is 0 Å². The van der Waals surface area contributed by atoms with Crippen molar-refractivity contribution >= 4 is 11.9 Å². The number of hydrogen-bond donors (Lipinski definition) is 2. The minimum Gasteiger partial charge on any atom is -0.497 e. The number of imidazole rings is 1. The van der Waals surface area contributed by atoms with Crippen molar-refractivity contribution in [1.29, 1.82) is 0 Å². The van der Waals surface area contributed by atoms with Crippen molar-refractivity contribution in [1.82, 2.24) is 14.9 Å². The predicted octanol–water partition coefficient (Wildman–Crippen LogP) is 0.999. The summed E-state index contributed by atoms with van der Waals surface area (Å²) in [5.74, 6) is -0.580. The van der Waals surface area contributed by atoms with Crippen LogP contribution < -0.4 is 4.74 Å². The molecule has 0 aliphatic carbocycles. The number of H-pyrrole nitrogens is 1. The lowest BCUT2D eigenvalue weighted by atomic mass is 10.0. The van der Waals surface area contributed by atoms with E-state index in [2.05, 4.69) is 9.97 Å². The third-order valence-corrected chi connectivity index (χ3v) is 3.99. The number of aromatic nitrogens is 2. The van der Waals surface area contributed by atoms with Crippen LogP contribution in [-0.2, 0) is 29.0 Å². The molecule has 1 aromatic heterocycles. The van der Waals surface area contributed by atoms with Crippen LogP contribution in [0.2, 0.25) is 0 Å². The number of nitrogens with zero attached hydrogens (tertiary/aromatic N) is 2. The van der Waals surface area contributed by atoms with Gasteiger partial charge in [0, 0.05) is 6.42 Å². The summed E-state index contributed by atoms with van der Waals surface area (Å²) < 4.78 is 5.15. The number of aromatic amines is 1. The van der Waals surface area contributed by atoms with Crippen LogP contribution >= 0.6 is 0 Å². The van der Waals surface area contributed by atoms with Gasteiger partial charge in [-0.05, 0) is 17.7 Å². The van der Waals surface area contributed by atoms with E-state index in [1.807, 2.05) is 6.07 Å². The zero-order chi connectivity index (χ0) is 16.4. The van der Waals surface area contributed by atoms with Gasteiger partial charge in [0.05, 0.1) is 37.8 Å². The summed E-state index contributed by atoms with van der Waals surface area (Å²) in [4.78, 5) is 32.6. The van der Waals surface area contributed by atoms with E-state index in [4.69, 9.17) is 4.74 Å². The summed E-state index contributed by atoms with van der Waals surface area (Å²) in [6.07, 6.45) is 1.88. The number of ether oxygens (including phenoxy) is 1. The summed E-state index contributed by atoms with van der Waals surface area (Å²) in [7, 11) is 1.56. The highest BCUT2D eigenvalue weighted by atomic mass is 16.5. The molecule has 0 fully saturated rings. The second-order valence-corrected chi connectivity index (χ2v) is 5.44. The predicted molar refractivity (Wildman–Crippen MR) is 81.0 cm³/mol. The van der Waals surface area contributed by atoms with E-state index in [-0.39, 0.29) is 25.3 Å². The number of carboxylic acid groups (broad SMARTS) is 1. The molecule has 2 N–H and O–H groups in total. The molecule has 1 atom stereocenters. The van der Waals surface area contributed by atoms with Crippen LogP contribution in [0, 0.1) is 0 Å². The van der Waals surface area contributed by atoms with Gasteiger partial charge in [-0.15, -0.1) is 0 Å². The highest BCUT2D eigenvalue weighted by molar-refractivity contribution is 5.85. The third kappa shape index (κ3) is 3.03. The number of fused-ring (bicyclic) bond motifs is 1. The summed E-state index contributed by atoms with van der Waals surface area (Å²) in [5.41, 5.74) is 2.29. The van der Waals surface area contributed by atoms with Crippen LogP contribution in [-0.4, -0.2) is 45.0 Å². The van der Waals surface area contributed by atoms with Gasteiger partial charge in [0.25, 0.3) is 0 Å². The molecule has 120 valence electrons. The molecule has 0 unspecified atom stereocenters. The molecule has 1 amide bonds. The molecule has 0 bridgehead atoms. The van der Waals surface area contributed by atoms with Gasteiger partial charge in [-0.3, -0.25) is 4.79 Å². The zero-order valence-corrected chi connectivity index (χ0v) is 12.7. The van der Waals surface area contributed by atoms with E-state index in [0.717, 1.165) is 11.3 Å². The zero-order valence-electron chi connectivity index (χ0n) is 12.7. The molecule has 1 aliphatic heterocycles. The van der Waals surface area contributed by atoms with Crippen molar-refractivity contribution in [2.24, 2.45) is 0 Å². The van der Waals surface area contributed by atoms with E-state index in [9.17, 15) is 14.7 Å². The van der Waals surface area contributed by atoms with Crippen molar-refractivity contribution in [3.8, 4) is 5.75 Å². The maximum atomic E-state index is 12.6. The standard InChI is InChI=1S/C16H17N3O4/c1-23-11-4-2-3-10(5-11)6-15(20)19-8-13-12(17-9-18-13)7-14(19)16(21)22/h2-5,9,14H,6-8H2,1H3,(H,17,18)(H,21,22)/t14-/m0/s1. The van der Waals surface area contributed by atoms with Gasteiger partial charge in [0.1, 0.15) is 11.8 Å². The maximum Gasteiger partial charge on any atom is 0.326 e. The van der Waals surface area contributed by atoms with Crippen molar-refractivity contribution in [2.75, 3.05) is 7.11 Å². The van der Waals surface area contributed by atoms with Crippen LogP contribution in [0.1, 0.15) is 17.0 Å². The smallest absolute Gasteiger partial charge is 0.326 e. The fraction of sp³-hybridized carbons (Fsp3) is 0.312. The highest BCUT2D eigenvalue weighted by Gasteiger charge is 2.35. The van der Waals surface area contributed by atoms with Crippen molar-refractivity contribution in [3.05, 3.63) is 47.5 Å². The molecule has 1 aromatic carbocycles. The summed E-state index contributed by atoms with van der Waals surface area (Å²) in [6, 6.07) is 6.32. The number of methoxy groups -OCH3 is 1. The SMILES string of the molecule is COc1cccc(CC(=O)N2Cc3[nH]cnc3C[C@H]2C(=O)O)c1. The first-order chi connectivity index (χ1) is 11.1. The molecule has 0 spiro atoms. The first kappa shape index (κ1) is 15.1. The number of carbonyl (C=O) groups is 2. The molecule has 7 heteroatoms. The molecule has 2 heterocycles. The van der Waals surface area contributed by atoms with Gasteiger partial charge in [-0.25, -0.2) is 9.78 Å². The minimum atomic E-state index is -1.02. The third-order valence-electron chi connectivity index (χ3n) is 3.99. The number of hydrogen-bond acceptors (Lipinski definition) is 4. The molecular weight excluding hydrogens is 298 g/mol. The van der Waals surface area contributed by atoms with Crippen LogP contribution in [0.5, 0.6) is 5.75 Å². The van der Waals surface area contributed by atoms with Crippen molar-refractivity contribution in [2.45, 2.75) is 25.4 Å². The van der Waals surface area contributed by atoms with Crippen molar-refractivity contribution in [3.63, 3.8) is 0 Å². The Hall–Kier alpha value is -2.83. The number of nitrogens with one attached hydrogen (secondary N) is 1. The molecule has 2 aromatic rings. The number of benzene rings is 1. The number of aliphatic carboxylic acids is 1. The Morgan fingerprint density at radius 1 is 1.48 bits per heavy atom. The van der Waals surface area contributed by atoms with Gasteiger partial charge in [0.2, 0.25) is 5.91 Å². The Morgan fingerprint density at radius 3 is 3.04 bits per heavy atom. The number of amides is 1. The largest absolute Gasteiger partial charge is 0.497 e. The van der Waals surface area contributed by atoms with E-state index in [0.29, 0.717) is 11.4 Å². The number of carbonyl (C=O) groups excluding carboxylic acids is 1. The Labute approximate surface area is 132 Å². The Morgan fingerprint density at radius 2 is 2.30 bits per heavy atom. The van der Waals surface area contributed by atoms with Crippen molar-refractivity contribution < 1.29 is 19.4 Å².